The van der Waals surface area contributed by atoms with E-state index >= 15 is 0 Å². The van der Waals surface area contributed by atoms with Crippen LogP contribution in [0.3, 0.4) is 0 Å². The van der Waals surface area contributed by atoms with Gasteiger partial charge in [-0.1, -0.05) is 30.5 Å². The number of primary amides is 1. The van der Waals surface area contributed by atoms with Gasteiger partial charge in [0.15, 0.2) is 0 Å². The molecule has 186 valence electrons. The van der Waals surface area contributed by atoms with Gasteiger partial charge in [-0.25, -0.2) is 8.42 Å². The molecule has 5 saturated carbocycles. The number of aryl methyl sites for hydroxylation is 1. The second-order valence-corrected chi connectivity index (χ2v) is 13.6. The van der Waals surface area contributed by atoms with Gasteiger partial charge in [-0.3, -0.25) is 9.59 Å². The van der Waals surface area contributed by atoms with E-state index in [0.717, 1.165) is 50.5 Å². The van der Waals surface area contributed by atoms with E-state index in [4.69, 9.17) is 17.3 Å². The first-order valence-corrected chi connectivity index (χ1v) is 14.2. The van der Waals surface area contributed by atoms with Gasteiger partial charge in [-0.15, -0.1) is 0 Å². The zero-order valence-electron chi connectivity index (χ0n) is 19.8. The average molecular weight is 508 g/mol. The van der Waals surface area contributed by atoms with Crippen molar-refractivity contribution in [2.75, 3.05) is 7.05 Å². The number of benzene rings is 1. The SMILES string of the molecule is Cc1ccc(S(=O)(=O)N(C)C2(C(=O)NC3C4CC5CC3CC(C(N)=O)(C5)C4)CCCC2)cc1Cl. The standard InChI is InChI=1S/C25H34ClN3O4S/c1-15-5-6-19(11-20(15)26)34(32,33)29(2)25(7-3-4-8-25)23(31)28-21-17-9-16-10-18(21)14-24(12-16,13-17)22(27)30/h5-6,11,16-18,21H,3-4,7-10,12-14H2,1-2H3,(H2,27,30)(H,28,31). The molecule has 0 aliphatic heterocycles. The summed E-state index contributed by atoms with van der Waals surface area (Å²) in [4.78, 5) is 26.3. The molecular formula is C25H34ClN3O4S. The van der Waals surface area contributed by atoms with E-state index < -0.39 is 21.0 Å². The van der Waals surface area contributed by atoms with Gasteiger partial charge in [0.25, 0.3) is 0 Å². The zero-order chi connectivity index (χ0) is 24.5. The number of hydrogen-bond donors (Lipinski definition) is 2. The minimum Gasteiger partial charge on any atom is -0.369 e. The number of hydrogen-bond acceptors (Lipinski definition) is 4. The molecule has 5 fully saturated rings. The summed E-state index contributed by atoms with van der Waals surface area (Å²) in [6, 6.07) is 4.67. The van der Waals surface area contributed by atoms with Gasteiger partial charge in [0, 0.05) is 23.5 Å². The molecule has 2 unspecified atom stereocenters. The van der Waals surface area contributed by atoms with Gasteiger partial charge in [0.05, 0.1) is 4.90 Å². The Kier molecular flexibility index (Phi) is 5.81. The lowest BCUT2D eigenvalue weighted by Gasteiger charge is -2.59. The third-order valence-electron chi connectivity index (χ3n) is 9.35. The Labute approximate surface area is 206 Å². The molecule has 0 spiro atoms. The molecule has 5 aliphatic carbocycles. The lowest BCUT2D eigenvalue weighted by atomic mass is 9.47. The summed E-state index contributed by atoms with van der Waals surface area (Å²) in [6.45, 7) is 1.82. The molecule has 1 aromatic carbocycles. The number of likely N-dealkylation sites (N-methyl/N-ethyl adjacent to an activating group) is 1. The van der Waals surface area contributed by atoms with Crippen LogP contribution in [0.2, 0.25) is 5.02 Å². The smallest absolute Gasteiger partial charge is 0.243 e. The van der Waals surface area contributed by atoms with Crippen molar-refractivity contribution in [3.63, 3.8) is 0 Å². The van der Waals surface area contributed by atoms with Crippen molar-refractivity contribution in [1.82, 2.24) is 9.62 Å². The Bertz CT molecular complexity index is 1110. The maximum Gasteiger partial charge on any atom is 0.243 e. The fourth-order valence-corrected chi connectivity index (χ4v) is 9.41. The van der Waals surface area contributed by atoms with Gasteiger partial charge >= 0.3 is 0 Å². The summed E-state index contributed by atoms with van der Waals surface area (Å²) < 4.78 is 28.4. The van der Waals surface area contributed by atoms with Crippen molar-refractivity contribution in [3.8, 4) is 0 Å². The van der Waals surface area contributed by atoms with E-state index in [1.54, 1.807) is 12.1 Å². The topological polar surface area (TPSA) is 110 Å². The van der Waals surface area contributed by atoms with Crippen LogP contribution in [0.1, 0.15) is 63.4 Å². The highest BCUT2D eigenvalue weighted by molar-refractivity contribution is 7.89. The Morgan fingerprint density at radius 3 is 2.29 bits per heavy atom. The predicted octanol–water partition coefficient (Wildman–Crippen LogP) is 3.38. The largest absolute Gasteiger partial charge is 0.369 e. The molecule has 2 atom stereocenters. The average Bonchev–Trinajstić information content (AvgIpc) is 3.28. The van der Waals surface area contributed by atoms with Crippen molar-refractivity contribution in [3.05, 3.63) is 28.8 Å². The van der Waals surface area contributed by atoms with Gasteiger partial charge in [-0.05, 0) is 87.3 Å². The maximum atomic E-state index is 13.9. The highest BCUT2D eigenvalue weighted by atomic mass is 35.5. The van der Waals surface area contributed by atoms with Crippen LogP contribution in [0.15, 0.2) is 23.1 Å². The summed E-state index contributed by atoms with van der Waals surface area (Å²) in [5.41, 5.74) is 5.07. The summed E-state index contributed by atoms with van der Waals surface area (Å²) in [5, 5.41) is 3.69. The first-order chi connectivity index (χ1) is 16.0. The van der Waals surface area contributed by atoms with E-state index in [1.807, 2.05) is 6.92 Å². The lowest BCUT2D eigenvalue weighted by molar-refractivity contribution is -0.149. The van der Waals surface area contributed by atoms with Crippen LogP contribution in [-0.4, -0.2) is 43.2 Å². The molecule has 0 saturated heterocycles. The number of amides is 2. The molecule has 2 amide bonds. The van der Waals surface area contributed by atoms with Crippen LogP contribution in [0.4, 0.5) is 0 Å². The summed E-state index contributed by atoms with van der Waals surface area (Å²) in [5.74, 6) is 0.525. The van der Waals surface area contributed by atoms with Crippen molar-refractivity contribution in [2.45, 2.75) is 81.2 Å². The second-order valence-electron chi connectivity index (χ2n) is 11.2. The van der Waals surface area contributed by atoms with E-state index in [0.29, 0.717) is 23.8 Å². The third kappa shape index (κ3) is 3.59. The van der Waals surface area contributed by atoms with Crippen LogP contribution >= 0.6 is 11.6 Å². The minimum absolute atomic E-state index is 0.0288. The predicted molar refractivity (Wildman–Crippen MR) is 129 cm³/mol. The van der Waals surface area contributed by atoms with Gasteiger partial charge < -0.3 is 11.1 Å². The molecule has 0 radical (unpaired) electrons. The van der Waals surface area contributed by atoms with Crippen molar-refractivity contribution < 1.29 is 18.0 Å². The molecule has 0 heterocycles. The second kappa shape index (κ2) is 8.20. The van der Waals surface area contributed by atoms with E-state index in [-0.39, 0.29) is 34.6 Å². The molecule has 3 N–H and O–H groups in total. The number of nitrogens with two attached hydrogens (primary N) is 1. The highest BCUT2D eigenvalue weighted by Gasteiger charge is 2.59. The molecule has 6 rings (SSSR count). The number of nitrogens with zero attached hydrogens (tertiary/aromatic N) is 1. The monoisotopic (exact) mass is 507 g/mol. The lowest BCUT2D eigenvalue weighted by Crippen LogP contribution is -2.65. The third-order valence-corrected chi connectivity index (χ3v) is 11.7. The number of nitrogens with one attached hydrogen (secondary N) is 1. The van der Waals surface area contributed by atoms with Crippen molar-refractivity contribution in [2.24, 2.45) is 28.9 Å². The van der Waals surface area contributed by atoms with E-state index in [1.165, 1.54) is 17.4 Å². The first kappa shape index (κ1) is 24.1. The molecule has 4 bridgehead atoms. The van der Waals surface area contributed by atoms with Crippen LogP contribution in [0, 0.1) is 30.1 Å². The first-order valence-electron chi connectivity index (χ1n) is 12.3. The zero-order valence-corrected chi connectivity index (χ0v) is 21.4. The number of carbonyl (C=O) groups is 2. The Balaban J connectivity index is 1.41. The van der Waals surface area contributed by atoms with Gasteiger partial charge in [0.2, 0.25) is 21.8 Å². The van der Waals surface area contributed by atoms with Gasteiger partial charge in [0.1, 0.15) is 5.54 Å². The van der Waals surface area contributed by atoms with Crippen LogP contribution in [-0.2, 0) is 19.6 Å². The van der Waals surface area contributed by atoms with E-state index in [2.05, 4.69) is 5.32 Å². The Morgan fingerprint density at radius 2 is 1.74 bits per heavy atom. The quantitative estimate of drug-likeness (QED) is 0.615. The van der Waals surface area contributed by atoms with E-state index in [9.17, 15) is 18.0 Å². The minimum atomic E-state index is -3.92. The number of halogens is 1. The molecular weight excluding hydrogens is 474 g/mol. The normalized spacial score (nSPS) is 33.9. The molecule has 34 heavy (non-hydrogen) atoms. The van der Waals surface area contributed by atoms with Crippen LogP contribution in [0.5, 0.6) is 0 Å². The fourth-order valence-electron chi connectivity index (χ4n) is 7.61. The van der Waals surface area contributed by atoms with Crippen molar-refractivity contribution >= 4 is 33.4 Å². The number of rotatable bonds is 6. The maximum absolute atomic E-state index is 13.9. The summed E-state index contributed by atoms with van der Waals surface area (Å²) >= 11 is 6.22. The van der Waals surface area contributed by atoms with Crippen LogP contribution < -0.4 is 11.1 Å². The fraction of sp³-hybridized carbons (Fsp3) is 0.680. The Hall–Kier alpha value is -1.64. The Morgan fingerprint density at radius 1 is 1.12 bits per heavy atom. The molecule has 1 aromatic rings. The molecule has 9 heteroatoms. The summed E-state index contributed by atoms with van der Waals surface area (Å²) in [7, 11) is -2.40. The van der Waals surface area contributed by atoms with Crippen LogP contribution in [0.25, 0.3) is 0 Å². The highest BCUT2D eigenvalue weighted by Crippen LogP contribution is 2.60. The molecule has 7 nitrogen and oxygen atoms in total. The van der Waals surface area contributed by atoms with Crippen molar-refractivity contribution in [1.29, 1.82) is 0 Å². The molecule has 0 aromatic heterocycles. The number of carbonyl (C=O) groups excluding carboxylic acids is 2. The number of sulfonamides is 1. The summed E-state index contributed by atoms with van der Waals surface area (Å²) in [6.07, 6.45) is 6.90. The van der Waals surface area contributed by atoms with Gasteiger partial charge in [-0.2, -0.15) is 4.31 Å². The molecule has 5 aliphatic rings.